The molecule has 0 N–H and O–H groups in total. The van der Waals surface area contributed by atoms with E-state index in [9.17, 15) is 0 Å². The summed E-state index contributed by atoms with van der Waals surface area (Å²) in [6.45, 7) is 0. The lowest BCUT2D eigenvalue weighted by Crippen LogP contribution is -2.35. The van der Waals surface area contributed by atoms with Crippen molar-refractivity contribution in [1.29, 1.82) is 0 Å². The van der Waals surface area contributed by atoms with Crippen LogP contribution in [-0.4, -0.2) is 12.2 Å². The summed E-state index contributed by atoms with van der Waals surface area (Å²) in [4.78, 5) is 0. The molecule has 3 rings (SSSR count). The molecule has 1 aliphatic carbocycles. The van der Waals surface area contributed by atoms with Crippen LogP contribution in [0.5, 0.6) is 11.5 Å². The van der Waals surface area contributed by atoms with Crippen molar-refractivity contribution in [3.8, 4) is 11.5 Å². The Kier molecular flexibility index (Phi) is 2.86. The van der Waals surface area contributed by atoms with Crippen LogP contribution in [-0.2, 0) is 0 Å². The van der Waals surface area contributed by atoms with Gasteiger partial charge in [0, 0.05) is 6.42 Å². The van der Waals surface area contributed by atoms with E-state index in [1.54, 1.807) is 0 Å². The Bertz CT molecular complexity index is 527. The largest absolute Gasteiger partial charge is 0.480 e. The Labute approximate surface area is 118 Å². The molecule has 2 aliphatic rings. The van der Waals surface area contributed by atoms with Gasteiger partial charge in [0.2, 0.25) is 0 Å². The number of rotatable bonds is 0. The molecular weight excluding hydrogens is 306 g/mol. The van der Waals surface area contributed by atoms with Gasteiger partial charge in [-0.3, -0.25) is 0 Å². The standard InChI is InChI=1S/C11H6Cl4O2/c12-6-7(13)9(15)11-10(8(6)14)16-4-2-1-3-5(4)17-11/h1-2,4-5H,3H2. The molecule has 0 fully saturated rings. The molecule has 6 heteroatoms. The van der Waals surface area contributed by atoms with E-state index in [0.717, 1.165) is 6.42 Å². The van der Waals surface area contributed by atoms with Gasteiger partial charge in [0.15, 0.2) is 17.6 Å². The summed E-state index contributed by atoms with van der Waals surface area (Å²) in [5, 5.41) is 0.836. The highest BCUT2D eigenvalue weighted by molar-refractivity contribution is 6.53. The maximum atomic E-state index is 6.08. The van der Waals surface area contributed by atoms with Gasteiger partial charge in [-0.15, -0.1) is 0 Å². The smallest absolute Gasteiger partial charge is 0.184 e. The van der Waals surface area contributed by atoms with E-state index in [4.69, 9.17) is 55.9 Å². The van der Waals surface area contributed by atoms with Gasteiger partial charge in [0.1, 0.15) is 16.1 Å². The van der Waals surface area contributed by atoms with E-state index in [1.807, 2.05) is 12.2 Å². The summed E-state index contributed by atoms with van der Waals surface area (Å²) in [6.07, 6.45) is 4.48. The molecule has 0 saturated heterocycles. The highest BCUT2D eigenvalue weighted by Gasteiger charge is 2.36. The first-order valence-corrected chi connectivity index (χ1v) is 6.46. The molecule has 90 valence electrons. The zero-order chi connectivity index (χ0) is 12.2. The maximum Gasteiger partial charge on any atom is 0.184 e. The van der Waals surface area contributed by atoms with Gasteiger partial charge in [0.05, 0.1) is 10.0 Å². The number of ether oxygens (including phenoxy) is 2. The van der Waals surface area contributed by atoms with Crippen molar-refractivity contribution in [3.05, 3.63) is 32.2 Å². The van der Waals surface area contributed by atoms with E-state index in [-0.39, 0.29) is 32.3 Å². The third-order valence-corrected chi connectivity index (χ3v) is 4.53. The maximum absolute atomic E-state index is 6.08. The molecule has 0 spiro atoms. The van der Waals surface area contributed by atoms with Gasteiger partial charge in [-0.05, 0) is 6.08 Å². The van der Waals surface area contributed by atoms with Crippen molar-refractivity contribution >= 4 is 46.4 Å². The van der Waals surface area contributed by atoms with Gasteiger partial charge in [-0.25, -0.2) is 0 Å². The lowest BCUT2D eigenvalue weighted by molar-refractivity contribution is 0.0592. The number of halogens is 4. The van der Waals surface area contributed by atoms with Crippen LogP contribution in [0.3, 0.4) is 0 Å². The molecule has 1 aromatic rings. The second-order valence-corrected chi connectivity index (χ2v) is 5.33. The molecule has 1 aliphatic heterocycles. The van der Waals surface area contributed by atoms with Crippen LogP contribution in [0, 0.1) is 0 Å². The molecule has 2 nitrogen and oxygen atoms in total. The van der Waals surface area contributed by atoms with Gasteiger partial charge in [0.25, 0.3) is 0 Å². The lowest BCUT2D eigenvalue weighted by atomic mass is 10.2. The Morgan fingerprint density at radius 2 is 1.47 bits per heavy atom. The fourth-order valence-corrected chi connectivity index (χ4v) is 2.83. The van der Waals surface area contributed by atoms with E-state index in [2.05, 4.69) is 0 Å². The predicted octanol–water partition coefficient (Wildman–Crippen LogP) is 4.77. The monoisotopic (exact) mass is 310 g/mol. The van der Waals surface area contributed by atoms with Crippen molar-refractivity contribution in [2.24, 2.45) is 0 Å². The first kappa shape index (κ1) is 11.8. The quantitative estimate of drug-likeness (QED) is 0.390. The fraction of sp³-hybridized carbons (Fsp3) is 0.273. The minimum Gasteiger partial charge on any atom is -0.480 e. The third kappa shape index (κ3) is 1.70. The Balaban J connectivity index is 2.17. The second kappa shape index (κ2) is 4.13. The van der Waals surface area contributed by atoms with Crippen LogP contribution < -0.4 is 9.47 Å². The van der Waals surface area contributed by atoms with Gasteiger partial charge >= 0.3 is 0 Å². The predicted molar refractivity (Wildman–Crippen MR) is 69.1 cm³/mol. The van der Waals surface area contributed by atoms with E-state index >= 15 is 0 Å². The van der Waals surface area contributed by atoms with Crippen molar-refractivity contribution in [3.63, 3.8) is 0 Å². The average molecular weight is 312 g/mol. The molecule has 0 saturated carbocycles. The summed E-state index contributed by atoms with van der Waals surface area (Å²) in [5.74, 6) is 0.731. The van der Waals surface area contributed by atoms with Crippen LogP contribution >= 0.6 is 46.4 Å². The Morgan fingerprint density at radius 3 is 2.12 bits per heavy atom. The van der Waals surface area contributed by atoms with Crippen LogP contribution in [0.25, 0.3) is 0 Å². The summed E-state index contributed by atoms with van der Waals surface area (Å²) in [5.41, 5.74) is 0. The van der Waals surface area contributed by atoms with Crippen LogP contribution in [0.15, 0.2) is 12.2 Å². The molecule has 17 heavy (non-hydrogen) atoms. The van der Waals surface area contributed by atoms with Crippen LogP contribution in [0.4, 0.5) is 0 Å². The minimum absolute atomic E-state index is 0.0756. The fourth-order valence-electron chi connectivity index (χ4n) is 1.92. The minimum atomic E-state index is -0.145. The topological polar surface area (TPSA) is 18.5 Å². The molecule has 2 unspecified atom stereocenters. The lowest BCUT2D eigenvalue weighted by Gasteiger charge is -2.31. The van der Waals surface area contributed by atoms with Crippen molar-refractivity contribution in [2.75, 3.05) is 0 Å². The first-order chi connectivity index (χ1) is 8.09. The molecule has 2 atom stereocenters. The third-order valence-electron chi connectivity index (χ3n) is 2.77. The van der Waals surface area contributed by atoms with Crippen molar-refractivity contribution < 1.29 is 9.47 Å². The molecular formula is C11H6Cl4O2. The van der Waals surface area contributed by atoms with Crippen molar-refractivity contribution in [1.82, 2.24) is 0 Å². The normalized spacial score (nSPS) is 24.9. The molecule has 1 aromatic carbocycles. The van der Waals surface area contributed by atoms with E-state index in [1.165, 1.54) is 0 Å². The van der Waals surface area contributed by atoms with Gasteiger partial charge < -0.3 is 9.47 Å². The van der Waals surface area contributed by atoms with Crippen LogP contribution in [0.1, 0.15) is 6.42 Å². The zero-order valence-electron chi connectivity index (χ0n) is 8.34. The highest BCUT2D eigenvalue weighted by atomic mass is 35.5. The van der Waals surface area contributed by atoms with Gasteiger partial charge in [-0.2, -0.15) is 0 Å². The first-order valence-electron chi connectivity index (χ1n) is 4.95. The molecule has 0 amide bonds. The Hall–Kier alpha value is -0.280. The van der Waals surface area contributed by atoms with E-state index in [0.29, 0.717) is 11.5 Å². The zero-order valence-corrected chi connectivity index (χ0v) is 11.4. The summed E-state index contributed by atoms with van der Waals surface area (Å²) in [6, 6.07) is 0. The Morgan fingerprint density at radius 1 is 0.882 bits per heavy atom. The van der Waals surface area contributed by atoms with Crippen molar-refractivity contribution in [2.45, 2.75) is 18.6 Å². The van der Waals surface area contributed by atoms with E-state index < -0.39 is 0 Å². The molecule has 0 aromatic heterocycles. The van der Waals surface area contributed by atoms with Crippen LogP contribution in [0.2, 0.25) is 20.1 Å². The number of fused-ring (bicyclic) bond motifs is 2. The summed E-state index contributed by atoms with van der Waals surface area (Å²) < 4.78 is 11.5. The second-order valence-electron chi connectivity index (χ2n) is 3.82. The SMILES string of the molecule is Clc1c(Cl)c(Cl)c2c(c1Cl)OC1C=CCC1O2. The number of hydrogen-bond acceptors (Lipinski definition) is 2. The molecule has 1 heterocycles. The highest BCUT2D eigenvalue weighted by Crippen LogP contribution is 2.53. The van der Waals surface area contributed by atoms with Gasteiger partial charge in [-0.1, -0.05) is 52.5 Å². The molecule has 0 radical (unpaired) electrons. The summed E-state index contributed by atoms with van der Waals surface area (Å²) >= 11 is 24.1. The number of benzene rings is 1. The average Bonchev–Trinajstić information content (AvgIpc) is 2.79. The number of hydrogen-bond donors (Lipinski definition) is 0. The summed E-state index contributed by atoms with van der Waals surface area (Å²) in [7, 11) is 0. The molecule has 0 bridgehead atoms.